The number of carbonyl (C=O) groups excluding carboxylic acids is 2. The normalized spacial score (nSPS) is 22.1. The van der Waals surface area contributed by atoms with Gasteiger partial charge in [-0.25, -0.2) is 0 Å². The van der Waals surface area contributed by atoms with Gasteiger partial charge in [0.15, 0.2) is 0 Å². The van der Waals surface area contributed by atoms with E-state index >= 15 is 0 Å². The molecule has 1 aliphatic rings. The molecule has 3 N–H and O–H groups in total. The number of amides is 2. The van der Waals surface area contributed by atoms with E-state index in [-0.39, 0.29) is 24.4 Å². The average molecular weight is 214 g/mol. The first-order valence-corrected chi connectivity index (χ1v) is 5.06. The first-order chi connectivity index (χ1) is 7.19. The third-order valence-corrected chi connectivity index (χ3v) is 2.53. The number of likely N-dealkylation sites (N-methyl/N-ethyl adjacent to an activating group) is 2. The maximum atomic E-state index is 11.5. The summed E-state index contributed by atoms with van der Waals surface area (Å²) in [6.07, 6.45) is 0. The summed E-state index contributed by atoms with van der Waals surface area (Å²) in [6, 6.07) is -0.249. The van der Waals surface area contributed by atoms with Crippen LogP contribution in [0.5, 0.6) is 0 Å². The molecule has 15 heavy (non-hydrogen) atoms. The second-order valence-corrected chi connectivity index (χ2v) is 3.48. The van der Waals surface area contributed by atoms with Gasteiger partial charge in [-0.15, -0.1) is 0 Å². The van der Waals surface area contributed by atoms with E-state index in [2.05, 4.69) is 16.0 Å². The van der Waals surface area contributed by atoms with Crippen LogP contribution in [-0.2, 0) is 9.59 Å². The smallest absolute Gasteiger partial charge is 0.238 e. The minimum Gasteiger partial charge on any atom is -0.358 e. The summed E-state index contributed by atoms with van der Waals surface area (Å²) >= 11 is 0. The van der Waals surface area contributed by atoms with E-state index in [0.717, 1.165) is 6.54 Å². The van der Waals surface area contributed by atoms with Crippen LogP contribution in [0.15, 0.2) is 0 Å². The molecule has 86 valence electrons. The first-order valence-electron chi connectivity index (χ1n) is 5.06. The molecule has 0 saturated carbocycles. The molecular weight excluding hydrogens is 196 g/mol. The number of hydrogen-bond donors (Lipinski definition) is 3. The number of nitrogens with one attached hydrogen (secondary N) is 3. The maximum Gasteiger partial charge on any atom is 0.238 e. The number of piperazine rings is 1. The van der Waals surface area contributed by atoms with Gasteiger partial charge < -0.3 is 16.0 Å². The lowest BCUT2D eigenvalue weighted by molar-refractivity contribution is -0.129. The Kier molecular flexibility index (Phi) is 4.51. The minimum absolute atomic E-state index is 0.0499. The highest BCUT2D eigenvalue weighted by Gasteiger charge is 2.28. The van der Waals surface area contributed by atoms with E-state index in [4.69, 9.17) is 0 Å². The fraction of sp³-hybridized carbons (Fsp3) is 0.778. The van der Waals surface area contributed by atoms with Crippen molar-refractivity contribution in [2.75, 3.05) is 40.3 Å². The van der Waals surface area contributed by atoms with Crippen molar-refractivity contribution in [1.29, 1.82) is 0 Å². The predicted octanol–water partition coefficient (Wildman–Crippen LogP) is -2.25. The lowest BCUT2D eigenvalue weighted by Crippen LogP contribution is -2.59. The van der Waals surface area contributed by atoms with Crippen molar-refractivity contribution < 1.29 is 9.59 Å². The van der Waals surface area contributed by atoms with Crippen LogP contribution in [0.3, 0.4) is 0 Å². The lowest BCUT2D eigenvalue weighted by Gasteiger charge is -2.34. The Morgan fingerprint density at radius 1 is 1.40 bits per heavy atom. The molecule has 1 heterocycles. The summed E-state index contributed by atoms with van der Waals surface area (Å²) in [4.78, 5) is 24.6. The highest BCUT2D eigenvalue weighted by molar-refractivity contribution is 5.83. The molecule has 6 nitrogen and oxygen atoms in total. The molecule has 0 radical (unpaired) electrons. The Balaban J connectivity index is 2.57. The largest absolute Gasteiger partial charge is 0.358 e. The molecule has 0 aliphatic carbocycles. The van der Waals surface area contributed by atoms with Crippen LogP contribution in [0.25, 0.3) is 0 Å². The van der Waals surface area contributed by atoms with Gasteiger partial charge in [0.2, 0.25) is 11.8 Å². The average Bonchev–Trinajstić information content (AvgIpc) is 2.28. The Bertz CT molecular complexity index is 244. The second kappa shape index (κ2) is 5.67. The van der Waals surface area contributed by atoms with Crippen molar-refractivity contribution in [2.45, 2.75) is 6.04 Å². The van der Waals surface area contributed by atoms with E-state index in [1.807, 2.05) is 4.90 Å². The van der Waals surface area contributed by atoms with Crippen molar-refractivity contribution in [2.24, 2.45) is 0 Å². The summed E-state index contributed by atoms with van der Waals surface area (Å²) in [6.45, 7) is 2.39. The van der Waals surface area contributed by atoms with Crippen molar-refractivity contribution in [3.05, 3.63) is 0 Å². The zero-order valence-corrected chi connectivity index (χ0v) is 9.17. The summed E-state index contributed by atoms with van der Waals surface area (Å²) in [5.74, 6) is -0.114. The zero-order chi connectivity index (χ0) is 11.3. The van der Waals surface area contributed by atoms with Gasteiger partial charge in [-0.05, 0) is 0 Å². The molecule has 1 unspecified atom stereocenters. The fourth-order valence-corrected chi connectivity index (χ4v) is 1.62. The SMILES string of the molecule is CNC(=O)CN1CCNCC1C(=O)NC. The fourth-order valence-electron chi connectivity index (χ4n) is 1.62. The molecule has 0 aromatic carbocycles. The lowest BCUT2D eigenvalue weighted by atomic mass is 10.1. The molecule has 1 rings (SSSR count). The van der Waals surface area contributed by atoms with Crippen LogP contribution in [0, 0.1) is 0 Å². The third-order valence-electron chi connectivity index (χ3n) is 2.53. The van der Waals surface area contributed by atoms with Gasteiger partial charge in [0.05, 0.1) is 6.54 Å². The van der Waals surface area contributed by atoms with Crippen molar-refractivity contribution in [1.82, 2.24) is 20.9 Å². The standard InChI is InChI=1S/C9H18N4O2/c1-10-8(14)6-13-4-3-12-5-7(13)9(15)11-2/h7,12H,3-6H2,1-2H3,(H,10,14)(H,11,15). The van der Waals surface area contributed by atoms with Gasteiger partial charge in [0.25, 0.3) is 0 Å². The van der Waals surface area contributed by atoms with Crippen LogP contribution in [0.1, 0.15) is 0 Å². The van der Waals surface area contributed by atoms with E-state index in [0.29, 0.717) is 13.1 Å². The number of carbonyl (C=O) groups is 2. The van der Waals surface area contributed by atoms with Gasteiger partial charge in [-0.1, -0.05) is 0 Å². The van der Waals surface area contributed by atoms with Crippen molar-refractivity contribution >= 4 is 11.8 Å². The Morgan fingerprint density at radius 2 is 2.13 bits per heavy atom. The van der Waals surface area contributed by atoms with E-state index in [9.17, 15) is 9.59 Å². The Morgan fingerprint density at radius 3 is 2.73 bits per heavy atom. The molecule has 1 saturated heterocycles. The summed E-state index contributed by atoms with van der Waals surface area (Å²) < 4.78 is 0. The summed E-state index contributed by atoms with van der Waals surface area (Å²) in [5.41, 5.74) is 0. The van der Waals surface area contributed by atoms with Crippen molar-refractivity contribution in [3.63, 3.8) is 0 Å². The third kappa shape index (κ3) is 3.17. The van der Waals surface area contributed by atoms with Gasteiger partial charge in [0, 0.05) is 33.7 Å². The number of nitrogens with zero attached hydrogens (tertiary/aromatic N) is 1. The molecular formula is C9H18N4O2. The molecule has 1 aliphatic heterocycles. The van der Waals surface area contributed by atoms with Gasteiger partial charge >= 0.3 is 0 Å². The minimum atomic E-state index is -0.249. The topological polar surface area (TPSA) is 73.5 Å². The highest BCUT2D eigenvalue weighted by atomic mass is 16.2. The van der Waals surface area contributed by atoms with E-state index < -0.39 is 0 Å². The summed E-state index contributed by atoms with van der Waals surface area (Å²) in [5, 5.41) is 8.30. The summed E-state index contributed by atoms with van der Waals surface area (Å²) in [7, 11) is 3.20. The van der Waals surface area contributed by atoms with Crippen LogP contribution in [0.4, 0.5) is 0 Å². The van der Waals surface area contributed by atoms with E-state index in [1.165, 1.54) is 0 Å². The highest BCUT2D eigenvalue weighted by Crippen LogP contribution is 2.02. The monoisotopic (exact) mass is 214 g/mol. The number of rotatable bonds is 3. The molecule has 0 aromatic heterocycles. The molecule has 0 aromatic rings. The molecule has 1 atom stereocenters. The second-order valence-electron chi connectivity index (χ2n) is 3.48. The predicted molar refractivity (Wildman–Crippen MR) is 56.4 cm³/mol. The molecule has 6 heteroatoms. The van der Waals surface area contributed by atoms with Gasteiger partial charge in [-0.3, -0.25) is 14.5 Å². The molecule has 1 fully saturated rings. The van der Waals surface area contributed by atoms with Crippen molar-refractivity contribution in [3.8, 4) is 0 Å². The van der Waals surface area contributed by atoms with Crippen LogP contribution in [0.2, 0.25) is 0 Å². The Labute approximate surface area is 89.4 Å². The maximum absolute atomic E-state index is 11.5. The quantitative estimate of drug-likeness (QED) is 0.496. The van der Waals surface area contributed by atoms with Crippen LogP contribution >= 0.6 is 0 Å². The van der Waals surface area contributed by atoms with Gasteiger partial charge in [0.1, 0.15) is 6.04 Å². The van der Waals surface area contributed by atoms with Gasteiger partial charge in [-0.2, -0.15) is 0 Å². The Hall–Kier alpha value is -1.14. The van der Waals surface area contributed by atoms with Crippen LogP contribution < -0.4 is 16.0 Å². The van der Waals surface area contributed by atoms with E-state index in [1.54, 1.807) is 14.1 Å². The van der Waals surface area contributed by atoms with Crippen LogP contribution in [-0.4, -0.2) is 63.0 Å². The molecule has 0 bridgehead atoms. The number of hydrogen-bond acceptors (Lipinski definition) is 4. The first kappa shape index (κ1) is 11.9. The molecule has 2 amide bonds. The zero-order valence-electron chi connectivity index (χ0n) is 9.17. The molecule has 0 spiro atoms.